The third-order valence-corrected chi connectivity index (χ3v) is 2.97. The predicted molar refractivity (Wildman–Crippen MR) is 73.1 cm³/mol. The Labute approximate surface area is 127 Å². The van der Waals surface area contributed by atoms with Crippen molar-refractivity contribution in [1.82, 2.24) is 0 Å². The van der Waals surface area contributed by atoms with E-state index in [0.717, 1.165) is 0 Å². The van der Waals surface area contributed by atoms with Gasteiger partial charge in [-0.2, -0.15) is 20.8 Å². The molecule has 0 bridgehead atoms. The third kappa shape index (κ3) is 7.18. The summed E-state index contributed by atoms with van der Waals surface area (Å²) in [5.41, 5.74) is -2.48. The van der Waals surface area contributed by atoms with Gasteiger partial charge in [0.15, 0.2) is 11.1 Å². The molecule has 0 fully saturated rings. The Morgan fingerprint density at radius 1 is 0.950 bits per heavy atom. The molecule has 20 heavy (non-hydrogen) atoms. The highest BCUT2D eigenvalue weighted by atomic mass is 35.5. The number of halogens is 2. The van der Waals surface area contributed by atoms with Crippen LogP contribution in [-0.2, 0) is 9.59 Å². The lowest BCUT2D eigenvalue weighted by Gasteiger charge is -2.18. The summed E-state index contributed by atoms with van der Waals surface area (Å²) >= 11 is 10.4. The maximum absolute atomic E-state index is 10.7. The molecule has 0 aliphatic carbocycles. The Bertz CT molecular complexity index is 451. The number of azo groups is 1. The molecule has 108 valence electrons. The van der Waals surface area contributed by atoms with Crippen LogP contribution in [0.1, 0.15) is 39.5 Å². The Hall–Kier alpha value is -1.50. The molecule has 2 unspecified atom stereocenters. The van der Waals surface area contributed by atoms with Gasteiger partial charge >= 0.3 is 0 Å². The summed E-state index contributed by atoms with van der Waals surface area (Å²) in [5, 5.41) is 24.7. The molecular formula is C12H14Cl2N4O2. The number of carbonyl (C=O) groups is 2. The van der Waals surface area contributed by atoms with E-state index in [-0.39, 0.29) is 25.7 Å². The second kappa shape index (κ2) is 7.94. The first-order valence-corrected chi connectivity index (χ1v) is 6.55. The fraction of sp³-hybridized carbons (Fsp3) is 0.667. The van der Waals surface area contributed by atoms with E-state index in [9.17, 15) is 9.59 Å². The van der Waals surface area contributed by atoms with Crippen molar-refractivity contribution in [3.05, 3.63) is 0 Å². The molecular weight excluding hydrogens is 303 g/mol. The summed E-state index contributed by atoms with van der Waals surface area (Å²) in [5.74, 6) is 0. The number of carbonyl (C=O) groups excluding carboxylic acids is 2. The van der Waals surface area contributed by atoms with E-state index in [1.54, 1.807) is 0 Å². The topological polar surface area (TPSA) is 106 Å². The van der Waals surface area contributed by atoms with Gasteiger partial charge in [0.05, 0.1) is 12.1 Å². The molecule has 8 heteroatoms. The average molecular weight is 317 g/mol. The summed E-state index contributed by atoms with van der Waals surface area (Å²) in [6.07, 6.45) is 0.165. The smallest absolute Gasteiger partial charge is 0.221 e. The van der Waals surface area contributed by atoms with E-state index in [0.29, 0.717) is 0 Å². The van der Waals surface area contributed by atoms with Crippen LogP contribution in [0.5, 0.6) is 0 Å². The van der Waals surface area contributed by atoms with E-state index >= 15 is 0 Å². The lowest BCUT2D eigenvalue weighted by atomic mass is 9.98. The van der Waals surface area contributed by atoms with Gasteiger partial charge in [0.2, 0.25) is 10.5 Å². The van der Waals surface area contributed by atoms with Crippen LogP contribution in [0.3, 0.4) is 0 Å². The maximum atomic E-state index is 10.7. The Morgan fingerprint density at radius 3 is 1.45 bits per heavy atom. The molecule has 0 rings (SSSR count). The molecule has 0 aliphatic heterocycles. The second-order valence-electron chi connectivity index (χ2n) is 4.68. The lowest BCUT2D eigenvalue weighted by Crippen LogP contribution is -2.24. The first-order chi connectivity index (χ1) is 9.16. The van der Waals surface area contributed by atoms with Crippen molar-refractivity contribution in [2.45, 2.75) is 50.6 Å². The lowest BCUT2D eigenvalue weighted by molar-refractivity contribution is -0.112. The predicted octanol–water partition coefficient (Wildman–Crippen LogP) is 3.09. The van der Waals surface area contributed by atoms with Gasteiger partial charge < -0.3 is 0 Å². The van der Waals surface area contributed by atoms with Gasteiger partial charge in [-0.25, -0.2) is 0 Å². The number of nitriles is 2. The van der Waals surface area contributed by atoms with Crippen LogP contribution in [0.15, 0.2) is 10.2 Å². The standard InChI is InChI=1S/C12H14Cl2N4O2/c1-11(7-15,5-3-9(13)19)17-18-12(2,8-16)6-4-10(14)20/h3-6H2,1-2H3/b18-17+. The zero-order valence-electron chi connectivity index (χ0n) is 11.2. The SMILES string of the molecule is CC(C#N)(CCC(=O)Cl)/N=N/C(C)(C#N)CCC(=O)Cl. The van der Waals surface area contributed by atoms with Crippen molar-refractivity contribution >= 4 is 33.7 Å². The zero-order chi connectivity index (χ0) is 15.8. The molecule has 2 atom stereocenters. The maximum Gasteiger partial charge on any atom is 0.221 e. The molecule has 0 saturated heterocycles. The normalized spacial score (nSPS) is 16.7. The highest BCUT2D eigenvalue weighted by molar-refractivity contribution is 6.63. The summed E-state index contributed by atoms with van der Waals surface area (Å²) in [7, 11) is 0. The van der Waals surface area contributed by atoms with Gasteiger partial charge in [-0.15, -0.1) is 0 Å². The van der Waals surface area contributed by atoms with Crippen molar-refractivity contribution in [1.29, 1.82) is 10.5 Å². The number of rotatable bonds is 8. The van der Waals surface area contributed by atoms with Crippen LogP contribution < -0.4 is 0 Å². The minimum atomic E-state index is -1.24. The average Bonchev–Trinajstić information content (AvgIpc) is 2.41. The van der Waals surface area contributed by atoms with Crippen molar-refractivity contribution in [3.63, 3.8) is 0 Å². The molecule has 0 radical (unpaired) electrons. The molecule has 0 aromatic rings. The molecule has 0 aromatic carbocycles. The van der Waals surface area contributed by atoms with Crippen LogP contribution >= 0.6 is 23.2 Å². The highest BCUT2D eigenvalue weighted by Crippen LogP contribution is 2.24. The van der Waals surface area contributed by atoms with E-state index in [1.165, 1.54) is 13.8 Å². The molecule has 0 heterocycles. The van der Waals surface area contributed by atoms with E-state index < -0.39 is 21.6 Å². The minimum absolute atomic E-state index is 0.0198. The van der Waals surface area contributed by atoms with Crippen LogP contribution in [-0.4, -0.2) is 21.6 Å². The fourth-order valence-electron chi connectivity index (χ4n) is 1.16. The molecule has 0 aliphatic rings. The van der Waals surface area contributed by atoms with Crippen molar-refractivity contribution in [2.24, 2.45) is 10.2 Å². The molecule has 0 saturated carbocycles. The van der Waals surface area contributed by atoms with Crippen LogP contribution in [0.2, 0.25) is 0 Å². The van der Waals surface area contributed by atoms with Gasteiger partial charge in [-0.1, -0.05) is 0 Å². The molecule has 0 amide bonds. The molecule has 0 N–H and O–H groups in total. The highest BCUT2D eigenvalue weighted by Gasteiger charge is 2.29. The first kappa shape index (κ1) is 18.5. The summed E-state index contributed by atoms with van der Waals surface area (Å²) in [4.78, 5) is 21.4. The van der Waals surface area contributed by atoms with E-state index in [2.05, 4.69) is 10.2 Å². The van der Waals surface area contributed by atoms with Crippen LogP contribution in [0, 0.1) is 22.7 Å². The number of nitrogens with zero attached hydrogens (tertiary/aromatic N) is 4. The van der Waals surface area contributed by atoms with Crippen molar-refractivity contribution in [2.75, 3.05) is 0 Å². The first-order valence-electron chi connectivity index (χ1n) is 5.79. The molecule has 0 spiro atoms. The summed E-state index contributed by atoms with van der Waals surface area (Å²) in [6, 6.07) is 3.84. The Kier molecular flexibility index (Phi) is 7.34. The summed E-state index contributed by atoms with van der Waals surface area (Å²) in [6.45, 7) is 2.97. The quantitative estimate of drug-likeness (QED) is 0.506. The van der Waals surface area contributed by atoms with Gasteiger partial charge in [0, 0.05) is 12.8 Å². The Balaban J connectivity index is 4.92. The van der Waals surface area contributed by atoms with Gasteiger partial charge in [-0.3, -0.25) is 9.59 Å². The van der Waals surface area contributed by atoms with Crippen molar-refractivity contribution < 1.29 is 9.59 Å². The fourth-order valence-corrected chi connectivity index (χ4v) is 1.35. The largest absolute Gasteiger partial charge is 0.281 e. The zero-order valence-corrected chi connectivity index (χ0v) is 12.7. The number of hydrogen-bond acceptors (Lipinski definition) is 6. The van der Waals surface area contributed by atoms with Crippen molar-refractivity contribution in [3.8, 4) is 12.1 Å². The van der Waals surface area contributed by atoms with Gasteiger partial charge in [0.25, 0.3) is 0 Å². The van der Waals surface area contributed by atoms with Crippen LogP contribution in [0.4, 0.5) is 0 Å². The Morgan fingerprint density at radius 2 is 1.25 bits per heavy atom. The molecule has 6 nitrogen and oxygen atoms in total. The van der Waals surface area contributed by atoms with Gasteiger partial charge in [-0.05, 0) is 49.9 Å². The molecule has 0 aromatic heterocycles. The van der Waals surface area contributed by atoms with Crippen LogP contribution in [0.25, 0.3) is 0 Å². The minimum Gasteiger partial charge on any atom is -0.281 e. The van der Waals surface area contributed by atoms with E-state index in [4.69, 9.17) is 33.7 Å². The van der Waals surface area contributed by atoms with Gasteiger partial charge in [0.1, 0.15) is 0 Å². The monoisotopic (exact) mass is 316 g/mol. The second-order valence-corrected chi connectivity index (χ2v) is 5.52. The summed E-state index contributed by atoms with van der Waals surface area (Å²) < 4.78 is 0. The van der Waals surface area contributed by atoms with E-state index in [1.807, 2.05) is 12.1 Å². The third-order valence-electron chi connectivity index (χ3n) is 2.59. The number of hydrogen-bond donors (Lipinski definition) is 0.